The first-order valence-electron chi connectivity index (χ1n) is 11.2. The van der Waals surface area contributed by atoms with E-state index in [4.69, 9.17) is 0 Å². The minimum atomic E-state index is -1.27. The number of benzene rings is 1. The first-order valence-corrected chi connectivity index (χ1v) is 11.2. The maximum Gasteiger partial charge on any atom is 1.00 e. The van der Waals surface area contributed by atoms with Gasteiger partial charge < -0.3 is 15.2 Å². The van der Waals surface area contributed by atoms with E-state index in [0.717, 1.165) is 19.3 Å². The molecular weight excluding hydrogens is 373 g/mol. The monoisotopic (exact) mass is 411 g/mol. The van der Waals surface area contributed by atoms with Gasteiger partial charge in [0.05, 0.1) is 12.0 Å². The smallest absolute Gasteiger partial charge is 0.548 e. The maximum absolute atomic E-state index is 12.0. The van der Waals surface area contributed by atoms with Crippen LogP contribution in [-0.4, -0.2) is 11.9 Å². The minimum absolute atomic E-state index is 0. The summed E-state index contributed by atoms with van der Waals surface area (Å²) < 4.78 is 0. The predicted molar refractivity (Wildman–Crippen MR) is 113 cm³/mol. The summed E-state index contributed by atoms with van der Waals surface area (Å²) >= 11 is 0. The molecule has 1 rings (SSSR count). The molecule has 1 N–H and O–H groups in total. The molecule has 0 unspecified atom stereocenters. The van der Waals surface area contributed by atoms with Crippen LogP contribution in [0.25, 0.3) is 0 Å². The van der Waals surface area contributed by atoms with Crippen molar-refractivity contribution in [3.63, 3.8) is 0 Å². The summed E-state index contributed by atoms with van der Waals surface area (Å²) in [6.07, 6.45) is 16.7. The van der Waals surface area contributed by atoms with Crippen LogP contribution in [-0.2, 0) is 9.59 Å². The van der Waals surface area contributed by atoms with E-state index in [0.29, 0.717) is 12.0 Å². The third-order valence-electron chi connectivity index (χ3n) is 5.18. The van der Waals surface area contributed by atoms with Gasteiger partial charge in [-0.05, 0) is 12.0 Å². The van der Waals surface area contributed by atoms with Crippen LogP contribution < -0.4 is 40.0 Å². The normalized spacial score (nSPS) is 11.5. The van der Waals surface area contributed by atoms with Crippen LogP contribution in [0.2, 0.25) is 0 Å². The molecule has 29 heavy (non-hydrogen) atoms. The Bertz CT molecular complexity index is 536. The second kappa shape index (κ2) is 19.1. The molecule has 0 radical (unpaired) electrons. The molecule has 1 aromatic rings. The first kappa shape index (κ1) is 28.2. The fourth-order valence-electron chi connectivity index (χ4n) is 3.46. The van der Waals surface area contributed by atoms with E-state index in [-0.39, 0.29) is 35.5 Å². The van der Waals surface area contributed by atoms with Gasteiger partial charge in [-0.1, -0.05) is 114 Å². The summed E-state index contributed by atoms with van der Waals surface area (Å²) in [6.45, 7) is 2.25. The van der Waals surface area contributed by atoms with Gasteiger partial charge in [-0.15, -0.1) is 0 Å². The summed E-state index contributed by atoms with van der Waals surface area (Å²) in [6, 6.07) is 7.62. The van der Waals surface area contributed by atoms with Crippen LogP contribution in [0.1, 0.15) is 108 Å². The summed E-state index contributed by atoms with van der Waals surface area (Å²) in [5.74, 6) is -1.49. The fourth-order valence-corrected chi connectivity index (χ4v) is 3.46. The number of amides is 1. The molecule has 1 atom stereocenters. The Morgan fingerprint density at radius 2 is 1.24 bits per heavy atom. The Labute approximate surface area is 199 Å². The third kappa shape index (κ3) is 14.7. The largest absolute Gasteiger partial charge is 1.00 e. The van der Waals surface area contributed by atoms with Crippen LogP contribution in [0.3, 0.4) is 0 Å². The molecule has 0 bridgehead atoms. The van der Waals surface area contributed by atoms with Crippen LogP contribution in [0, 0.1) is 0 Å². The van der Waals surface area contributed by atoms with Gasteiger partial charge in [0.2, 0.25) is 5.91 Å². The van der Waals surface area contributed by atoms with E-state index in [1.165, 1.54) is 64.2 Å². The van der Waals surface area contributed by atoms with E-state index in [9.17, 15) is 14.7 Å². The molecule has 1 amide bonds. The quantitative estimate of drug-likeness (QED) is 0.315. The van der Waals surface area contributed by atoms with Crippen LogP contribution >= 0.6 is 0 Å². The average molecular weight is 412 g/mol. The molecule has 0 spiro atoms. The number of aliphatic carboxylic acids is 1. The number of hydrogen-bond acceptors (Lipinski definition) is 3. The number of rotatable bonds is 17. The molecule has 1 aromatic carbocycles. The molecule has 0 saturated carbocycles. The number of carboxylic acids is 1. The van der Waals surface area contributed by atoms with Gasteiger partial charge in [0.25, 0.3) is 0 Å². The Hall–Kier alpha value is -0.840. The van der Waals surface area contributed by atoms with Crippen molar-refractivity contribution < 1.29 is 44.3 Å². The Morgan fingerprint density at radius 1 is 0.793 bits per heavy atom. The molecule has 0 aliphatic heterocycles. The molecular formula is C24H38NNaO3. The predicted octanol–water partition coefficient (Wildman–Crippen LogP) is 2.08. The third-order valence-corrected chi connectivity index (χ3v) is 5.18. The van der Waals surface area contributed by atoms with Crippen molar-refractivity contribution >= 4 is 11.9 Å². The molecule has 0 aliphatic rings. The van der Waals surface area contributed by atoms with Gasteiger partial charge in [-0.25, -0.2) is 0 Å². The van der Waals surface area contributed by atoms with E-state index < -0.39 is 12.0 Å². The second-order valence-electron chi connectivity index (χ2n) is 7.72. The zero-order valence-corrected chi connectivity index (χ0v) is 20.6. The Kier molecular flexibility index (Phi) is 18.6. The van der Waals surface area contributed by atoms with E-state index >= 15 is 0 Å². The molecule has 0 heterocycles. The number of carbonyl (C=O) groups excluding carboxylic acids is 2. The van der Waals surface area contributed by atoms with Crippen LogP contribution in [0.4, 0.5) is 0 Å². The molecule has 5 heteroatoms. The maximum atomic E-state index is 12.0. The van der Waals surface area contributed by atoms with Gasteiger partial charge in [-0.3, -0.25) is 4.79 Å². The molecule has 0 aromatic heterocycles. The van der Waals surface area contributed by atoms with Crippen molar-refractivity contribution in [2.24, 2.45) is 0 Å². The van der Waals surface area contributed by atoms with Crippen molar-refractivity contribution in [1.29, 1.82) is 0 Å². The minimum Gasteiger partial charge on any atom is -0.548 e. The number of carboxylic acid groups (broad SMARTS) is 1. The van der Waals surface area contributed by atoms with Gasteiger partial charge >= 0.3 is 29.6 Å². The number of unbranched alkanes of at least 4 members (excludes halogenated alkanes) is 12. The zero-order chi connectivity index (χ0) is 20.5. The van der Waals surface area contributed by atoms with Gasteiger partial charge in [0.15, 0.2) is 0 Å². The SMILES string of the molecule is CCCCCCCCCCCCCCCC(=O)N[C@@H](C(=O)[O-])c1ccccc1.[Na+]. The summed E-state index contributed by atoms with van der Waals surface area (Å²) in [5.41, 5.74) is 0.543. The Balaban J connectivity index is 0.00000784. The fraction of sp³-hybridized carbons (Fsp3) is 0.667. The van der Waals surface area contributed by atoms with Crippen LogP contribution in [0.5, 0.6) is 0 Å². The van der Waals surface area contributed by atoms with Crippen molar-refractivity contribution in [3.05, 3.63) is 35.9 Å². The van der Waals surface area contributed by atoms with E-state index in [2.05, 4.69) is 12.2 Å². The number of hydrogen-bond donors (Lipinski definition) is 1. The molecule has 4 nitrogen and oxygen atoms in total. The van der Waals surface area contributed by atoms with E-state index in [1.807, 2.05) is 6.07 Å². The zero-order valence-electron chi connectivity index (χ0n) is 18.6. The standard InChI is InChI=1S/C24H39NO3.Na/c1-2-3-4-5-6-7-8-9-10-11-12-13-17-20-22(26)25-23(24(27)28)21-18-15-14-16-19-21;/h14-16,18-19,23H,2-13,17,20H2,1H3,(H,25,26)(H,27,28);/q;+1/p-1/t23-;/m1./s1. The van der Waals surface area contributed by atoms with Gasteiger partial charge in [-0.2, -0.15) is 0 Å². The first-order chi connectivity index (χ1) is 13.6. The van der Waals surface area contributed by atoms with Crippen molar-refractivity contribution in [2.75, 3.05) is 0 Å². The number of nitrogens with one attached hydrogen (secondary N) is 1. The van der Waals surface area contributed by atoms with Crippen LogP contribution in [0.15, 0.2) is 30.3 Å². The van der Waals surface area contributed by atoms with Gasteiger partial charge in [0.1, 0.15) is 0 Å². The van der Waals surface area contributed by atoms with Crippen molar-refractivity contribution in [3.8, 4) is 0 Å². The Morgan fingerprint density at radius 3 is 1.69 bits per heavy atom. The number of carbonyl (C=O) groups is 2. The van der Waals surface area contributed by atoms with Crippen molar-refractivity contribution in [2.45, 2.75) is 103 Å². The van der Waals surface area contributed by atoms with E-state index in [1.54, 1.807) is 24.3 Å². The van der Waals surface area contributed by atoms with Crippen molar-refractivity contribution in [1.82, 2.24) is 5.32 Å². The molecule has 0 aliphatic carbocycles. The summed E-state index contributed by atoms with van der Waals surface area (Å²) in [4.78, 5) is 23.3. The summed E-state index contributed by atoms with van der Waals surface area (Å²) in [7, 11) is 0. The van der Waals surface area contributed by atoms with Gasteiger partial charge in [0, 0.05) is 6.42 Å². The molecule has 158 valence electrons. The molecule has 0 saturated heterocycles. The topological polar surface area (TPSA) is 69.2 Å². The second-order valence-corrected chi connectivity index (χ2v) is 7.72. The average Bonchev–Trinajstić information content (AvgIpc) is 2.70. The molecule has 0 fully saturated rings. The summed E-state index contributed by atoms with van der Waals surface area (Å²) in [5, 5.41) is 13.9.